The van der Waals surface area contributed by atoms with Gasteiger partial charge in [-0.15, -0.1) is 0 Å². The van der Waals surface area contributed by atoms with E-state index < -0.39 is 5.92 Å². The van der Waals surface area contributed by atoms with E-state index in [4.69, 9.17) is 0 Å². The zero-order valence-electron chi connectivity index (χ0n) is 12.0. The Morgan fingerprint density at radius 1 is 1.16 bits per heavy atom. The second-order valence-corrected chi connectivity index (χ2v) is 5.74. The van der Waals surface area contributed by atoms with Gasteiger partial charge in [0.15, 0.2) is 0 Å². The van der Waals surface area contributed by atoms with Crippen LogP contribution in [0.15, 0.2) is 12.1 Å². The van der Waals surface area contributed by atoms with Crippen LogP contribution in [-0.4, -0.2) is 12.6 Å². The van der Waals surface area contributed by atoms with Crippen molar-refractivity contribution in [3.63, 3.8) is 0 Å². The molecule has 0 amide bonds. The summed E-state index contributed by atoms with van der Waals surface area (Å²) in [6.07, 6.45) is 2.93. The fourth-order valence-corrected chi connectivity index (χ4v) is 2.87. The summed E-state index contributed by atoms with van der Waals surface area (Å²) in [6.45, 7) is 6.56. The summed E-state index contributed by atoms with van der Waals surface area (Å²) in [5, 5.41) is 3.21. The van der Waals surface area contributed by atoms with Gasteiger partial charge in [-0.25, -0.2) is 8.78 Å². The van der Waals surface area contributed by atoms with Crippen molar-refractivity contribution in [3.05, 3.63) is 34.4 Å². The van der Waals surface area contributed by atoms with Crippen LogP contribution in [0.5, 0.6) is 0 Å². The predicted molar refractivity (Wildman–Crippen MR) is 74.8 cm³/mol. The van der Waals surface area contributed by atoms with E-state index in [2.05, 4.69) is 5.32 Å². The second-order valence-electron chi connectivity index (χ2n) is 5.74. The Bertz CT molecular complexity index is 448. The summed E-state index contributed by atoms with van der Waals surface area (Å²) >= 11 is 0. The molecule has 1 aliphatic heterocycles. The van der Waals surface area contributed by atoms with Gasteiger partial charge in [-0.2, -0.15) is 0 Å². The van der Waals surface area contributed by atoms with Crippen molar-refractivity contribution in [2.75, 3.05) is 6.54 Å². The lowest BCUT2D eigenvalue weighted by Gasteiger charge is -2.29. The van der Waals surface area contributed by atoms with Crippen molar-refractivity contribution in [2.24, 2.45) is 0 Å². The van der Waals surface area contributed by atoms with Gasteiger partial charge < -0.3 is 5.32 Å². The van der Waals surface area contributed by atoms with E-state index in [9.17, 15) is 8.78 Å². The van der Waals surface area contributed by atoms with E-state index >= 15 is 0 Å². The zero-order chi connectivity index (χ0) is 14.0. The highest BCUT2D eigenvalue weighted by Gasteiger charge is 2.36. The van der Waals surface area contributed by atoms with Crippen molar-refractivity contribution in [1.82, 2.24) is 5.32 Å². The molecule has 1 aromatic rings. The maximum atomic E-state index is 14.5. The highest BCUT2D eigenvalue weighted by molar-refractivity contribution is 5.41. The van der Waals surface area contributed by atoms with Crippen LogP contribution in [0.3, 0.4) is 0 Å². The van der Waals surface area contributed by atoms with E-state index in [-0.39, 0.29) is 18.0 Å². The molecule has 0 aromatic heterocycles. The number of aryl methyl sites for hydroxylation is 1. The van der Waals surface area contributed by atoms with E-state index in [1.54, 1.807) is 19.1 Å². The average Bonchev–Trinajstić information content (AvgIpc) is 2.36. The number of benzene rings is 1. The molecule has 0 bridgehead atoms. The fraction of sp³-hybridized carbons (Fsp3) is 0.625. The van der Waals surface area contributed by atoms with Crippen molar-refractivity contribution in [3.8, 4) is 0 Å². The molecule has 2 rings (SSSR count). The van der Waals surface area contributed by atoms with Crippen LogP contribution in [0, 0.1) is 20.8 Å². The van der Waals surface area contributed by atoms with Crippen LogP contribution in [0.2, 0.25) is 0 Å². The topological polar surface area (TPSA) is 12.0 Å². The molecule has 1 heterocycles. The first kappa shape index (κ1) is 14.4. The first-order valence-electron chi connectivity index (χ1n) is 7.10. The maximum Gasteiger partial charge on any atom is 0.275 e. The Labute approximate surface area is 114 Å². The predicted octanol–water partition coefficient (Wildman–Crippen LogP) is 4.24. The minimum absolute atomic E-state index is 0.0511. The summed E-state index contributed by atoms with van der Waals surface area (Å²) in [6, 6.07) is 3.35. The minimum Gasteiger partial charge on any atom is -0.314 e. The molecule has 3 heteroatoms. The summed E-state index contributed by atoms with van der Waals surface area (Å²) < 4.78 is 28.9. The highest BCUT2D eigenvalue weighted by Crippen LogP contribution is 2.37. The summed E-state index contributed by atoms with van der Waals surface area (Å²) in [4.78, 5) is 0. The largest absolute Gasteiger partial charge is 0.314 e. The molecule has 19 heavy (non-hydrogen) atoms. The Balaban J connectivity index is 2.21. The van der Waals surface area contributed by atoms with Crippen LogP contribution in [0.4, 0.5) is 8.78 Å². The lowest BCUT2D eigenvalue weighted by atomic mass is 9.90. The smallest absolute Gasteiger partial charge is 0.275 e. The maximum absolute atomic E-state index is 14.5. The quantitative estimate of drug-likeness (QED) is 0.864. The zero-order valence-corrected chi connectivity index (χ0v) is 12.0. The van der Waals surface area contributed by atoms with Gasteiger partial charge in [0, 0.05) is 18.0 Å². The van der Waals surface area contributed by atoms with Crippen LogP contribution >= 0.6 is 0 Å². The molecule has 0 spiro atoms. The molecule has 1 nitrogen and oxygen atoms in total. The summed E-state index contributed by atoms with van der Waals surface area (Å²) in [7, 11) is 0. The van der Waals surface area contributed by atoms with Gasteiger partial charge >= 0.3 is 0 Å². The highest BCUT2D eigenvalue weighted by atomic mass is 19.3. The lowest BCUT2D eigenvalue weighted by molar-refractivity contribution is -0.0259. The van der Waals surface area contributed by atoms with E-state index in [1.807, 2.05) is 13.8 Å². The Hall–Kier alpha value is -0.960. The molecule has 1 aliphatic rings. The SMILES string of the molecule is Cc1ccc(C(F)(F)CC2CCCCN2)c(C)c1C. The minimum atomic E-state index is -2.74. The van der Waals surface area contributed by atoms with Crippen LogP contribution in [0.1, 0.15) is 47.9 Å². The van der Waals surface area contributed by atoms with Crippen LogP contribution in [0.25, 0.3) is 0 Å². The molecule has 0 saturated carbocycles. The van der Waals surface area contributed by atoms with Gasteiger partial charge in [0.1, 0.15) is 0 Å². The third-order valence-electron chi connectivity index (χ3n) is 4.37. The van der Waals surface area contributed by atoms with Crippen LogP contribution in [-0.2, 0) is 5.92 Å². The molecule has 0 radical (unpaired) electrons. The lowest BCUT2D eigenvalue weighted by Crippen LogP contribution is -2.38. The van der Waals surface area contributed by atoms with Gasteiger partial charge in [-0.1, -0.05) is 18.6 Å². The molecule has 1 N–H and O–H groups in total. The molecule has 1 unspecified atom stereocenters. The molecule has 1 fully saturated rings. The summed E-state index contributed by atoms with van der Waals surface area (Å²) in [5.41, 5.74) is 2.99. The van der Waals surface area contributed by atoms with Crippen molar-refractivity contribution >= 4 is 0 Å². The number of piperidine rings is 1. The third kappa shape index (κ3) is 3.14. The van der Waals surface area contributed by atoms with Gasteiger partial charge in [0.2, 0.25) is 0 Å². The monoisotopic (exact) mass is 267 g/mol. The Morgan fingerprint density at radius 2 is 1.89 bits per heavy atom. The number of hydrogen-bond donors (Lipinski definition) is 1. The Kier molecular flexibility index (Phi) is 4.24. The first-order valence-corrected chi connectivity index (χ1v) is 7.10. The van der Waals surface area contributed by atoms with E-state index in [0.717, 1.165) is 42.5 Å². The molecule has 1 saturated heterocycles. The third-order valence-corrected chi connectivity index (χ3v) is 4.37. The van der Waals surface area contributed by atoms with Crippen molar-refractivity contribution in [1.29, 1.82) is 0 Å². The van der Waals surface area contributed by atoms with Crippen molar-refractivity contribution in [2.45, 2.75) is 58.4 Å². The standard InChI is InChI=1S/C16H23F2N/c1-11-7-8-15(13(3)12(11)2)16(17,18)10-14-6-4-5-9-19-14/h7-8,14,19H,4-6,9-10H2,1-3H3. The fourth-order valence-electron chi connectivity index (χ4n) is 2.87. The first-order chi connectivity index (χ1) is 8.92. The van der Waals surface area contributed by atoms with E-state index in [0.29, 0.717) is 0 Å². The van der Waals surface area contributed by atoms with Gasteiger partial charge in [0.25, 0.3) is 5.92 Å². The Morgan fingerprint density at radius 3 is 2.53 bits per heavy atom. The van der Waals surface area contributed by atoms with Crippen molar-refractivity contribution < 1.29 is 8.78 Å². The number of halogens is 2. The van der Waals surface area contributed by atoms with Gasteiger partial charge in [-0.05, 0) is 56.8 Å². The number of nitrogens with one attached hydrogen (secondary N) is 1. The molecule has 1 atom stereocenters. The number of alkyl halides is 2. The average molecular weight is 267 g/mol. The van der Waals surface area contributed by atoms with E-state index in [1.165, 1.54) is 0 Å². The summed E-state index contributed by atoms with van der Waals surface area (Å²) in [5.74, 6) is -2.74. The number of rotatable bonds is 3. The molecular weight excluding hydrogens is 244 g/mol. The van der Waals surface area contributed by atoms with Gasteiger partial charge in [-0.3, -0.25) is 0 Å². The molecular formula is C16H23F2N. The number of hydrogen-bond acceptors (Lipinski definition) is 1. The normalized spacial score (nSPS) is 20.6. The van der Waals surface area contributed by atoms with Crippen LogP contribution < -0.4 is 5.32 Å². The molecule has 1 aromatic carbocycles. The molecule has 0 aliphatic carbocycles. The second kappa shape index (κ2) is 5.58. The van der Waals surface area contributed by atoms with Gasteiger partial charge in [0.05, 0.1) is 0 Å². The molecule has 106 valence electrons.